The fourth-order valence-corrected chi connectivity index (χ4v) is 3.65. The number of rotatable bonds is 3. The molecule has 10 heteroatoms. The number of hydrazine groups is 1. The van der Waals surface area contributed by atoms with Gasteiger partial charge in [-0.25, -0.2) is 10.8 Å². The number of benzene rings is 1. The summed E-state index contributed by atoms with van der Waals surface area (Å²) in [5.41, 5.74) is 7.38. The van der Waals surface area contributed by atoms with Gasteiger partial charge in [0.25, 0.3) is 5.91 Å². The molecule has 1 amide bonds. The lowest BCUT2D eigenvalue weighted by Crippen LogP contribution is -2.44. The molecule has 3 rings (SSSR count). The number of carbonyl (C=O) groups is 1. The number of aromatic nitrogens is 1. The molecule has 1 atom stereocenters. The molecule has 1 unspecified atom stereocenters. The molecule has 0 fully saturated rings. The predicted octanol–water partition coefficient (Wildman–Crippen LogP) is 4.28. The number of nitrogens with two attached hydrogens (primary N) is 2. The monoisotopic (exact) mass is 451 g/mol. The number of hydrogen-bond acceptors (Lipinski definition) is 5. The zero-order chi connectivity index (χ0) is 23.1. The minimum absolute atomic E-state index is 0.253. The van der Waals surface area contributed by atoms with Gasteiger partial charge in [-0.2, -0.15) is 13.2 Å². The quantitative estimate of drug-likeness (QED) is 0.537. The molecule has 1 aliphatic heterocycles. The van der Waals surface area contributed by atoms with Crippen LogP contribution in [0.3, 0.4) is 0 Å². The van der Waals surface area contributed by atoms with Crippen LogP contribution < -0.4 is 16.6 Å². The first-order valence-corrected chi connectivity index (χ1v) is 9.65. The molecule has 0 spiro atoms. The third-order valence-corrected chi connectivity index (χ3v) is 5.41. The van der Waals surface area contributed by atoms with Crippen molar-refractivity contribution < 1.29 is 18.0 Å². The van der Waals surface area contributed by atoms with Gasteiger partial charge >= 0.3 is 6.18 Å². The van der Waals surface area contributed by atoms with Gasteiger partial charge < -0.3 is 10.6 Å². The second-order valence-electron chi connectivity index (χ2n) is 7.23. The molecule has 2 heterocycles. The zero-order valence-corrected chi connectivity index (χ0v) is 17.8. The van der Waals surface area contributed by atoms with Gasteiger partial charge in [0.05, 0.1) is 33.6 Å². The van der Waals surface area contributed by atoms with Crippen molar-refractivity contribution >= 4 is 23.3 Å². The zero-order valence-electron chi connectivity index (χ0n) is 17.0. The van der Waals surface area contributed by atoms with Crippen molar-refractivity contribution in [2.24, 2.45) is 11.6 Å². The van der Waals surface area contributed by atoms with E-state index in [-0.39, 0.29) is 11.3 Å². The number of amides is 1. The van der Waals surface area contributed by atoms with Crippen LogP contribution in [0.4, 0.5) is 19.0 Å². The Bertz CT molecular complexity index is 1100. The molecular formula is C21H21ClF3N5O. The first kappa shape index (κ1) is 22.6. The van der Waals surface area contributed by atoms with Crippen LogP contribution in [0.1, 0.15) is 34.0 Å². The van der Waals surface area contributed by atoms with Crippen LogP contribution in [0.2, 0.25) is 5.02 Å². The third-order valence-electron chi connectivity index (χ3n) is 5.00. The molecule has 0 saturated heterocycles. The van der Waals surface area contributed by atoms with Gasteiger partial charge in [0, 0.05) is 12.4 Å². The highest BCUT2D eigenvalue weighted by molar-refractivity contribution is 6.34. The maximum absolute atomic E-state index is 13.2. The fraction of sp³-hybridized carbons (Fsp3) is 0.238. The molecule has 0 aliphatic carbocycles. The third kappa shape index (κ3) is 4.24. The van der Waals surface area contributed by atoms with Crippen LogP contribution in [0.15, 0.2) is 54.1 Å². The van der Waals surface area contributed by atoms with Gasteiger partial charge in [0.2, 0.25) is 0 Å². The summed E-state index contributed by atoms with van der Waals surface area (Å²) in [6, 6.07) is 4.43. The molecule has 1 aromatic heterocycles. The van der Waals surface area contributed by atoms with Crippen LogP contribution in [0, 0.1) is 13.8 Å². The number of allylic oxidation sites excluding steroid dienone is 1. The maximum Gasteiger partial charge on any atom is 0.417 e. The molecule has 2 aromatic rings. The molecule has 164 valence electrons. The van der Waals surface area contributed by atoms with E-state index < -0.39 is 28.7 Å². The Morgan fingerprint density at radius 1 is 1.29 bits per heavy atom. The summed E-state index contributed by atoms with van der Waals surface area (Å²) in [5, 5.41) is 0.657. The highest BCUT2D eigenvalue weighted by Gasteiger charge is 2.36. The fourth-order valence-electron chi connectivity index (χ4n) is 3.33. The summed E-state index contributed by atoms with van der Waals surface area (Å²) < 4.78 is 39.5. The summed E-state index contributed by atoms with van der Waals surface area (Å²) in [7, 11) is 0. The van der Waals surface area contributed by atoms with E-state index in [4.69, 9.17) is 23.2 Å². The van der Waals surface area contributed by atoms with E-state index in [2.05, 4.69) is 4.98 Å². The van der Waals surface area contributed by atoms with Crippen LogP contribution in [0.5, 0.6) is 0 Å². The number of anilines is 1. The minimum Gasteiger partial charge on any atom is -0.399 e. The lowest BCUT2D eigenvalue weighted by atomic mass is 10.0. The topological polar surface area (TPSA) is 88.5 Å². The number of nitrogens with zero attached hydrogens (tertiary/aromatic N) is 3. The standard InChI is InChI=1S/C21H21ClF3N5O/c1-11-9-12(2)19(28-10-11)30(27)16-7-8-29(13(3)18(16)26)20(31)14-5-4-6-15(17(14)22)21(23,24)25/h4-10,13H,26-27H2,1-3H3. The highest BCUT2D eigenvalue weighted by atomic mass is 35.5. The van der Waals surface area contributed by atoms with Crippen molar-refractivity contribution in [2.75, 3.05) is 5.01 Å². The number of hydrogen-bond donors (Lipinski definition) is 2. The molecule has 6 nitrogen and oxygen atoms in total. The largest absolute Gasteiger partial charge is 0.417 e. The summed E-state index contributed by atoms with van der Waals surface area (Å²) >= 11 is 5.91. The van der Waals surface area contributed by atoms with Crippen molar-refractivity contribution in [1.82, 2.24) is 9.88 Å². The molecule has 0 radical (unpaired) electrons. The summed E-state index contributed by atoms with van der Waals surface area (Å²) in [4.78, 5) is 18.5. The molecule has 0 saturated carbocycles. The lowest BCUT2D eigenvalue weighted by Gasteiger charge is -2.34. The molecule has 1 aromatic carbocycles. The van der Waals surface area contributed by atoms with Crippen LogP contribution in [0.25, 0.3) is 0 Å². The van der Waals surface area contributed by atoms with E-state index in [1.807, 2.05) is 19.9 Å². The van der Waals surface area contributed by atoms with E-state index in [0.29, 0.717) is 11.5 Å². The van der Waals surface area contributed by atoms with E-state index >= 15 is 0 Å². The van der Waals surface area contributed by atoms with E-state index in [1.54, 1.807) is 13.1 Å². The second-order valence-corrected chi connectivity index (χ2v) is 7.61. The Morgan fingerprint density at radius 2 is 1.97 bits per heavy atom. The van der Waals surface area contributed by atoms with Crippen LogP contribution in [-0.2, 0) is 6.18 Å². The number of halogens is 4. The normalized spacial score (nSPS) is 16.6. The second kappa shape index (κ2) is 8.24. The van der Waals surface area contributed by atoms with Crippen molar-refractivity contribution in [2.45, 2.75) is 33.0 Å². The Kier molecular flexibility index (Phi) is 6.02. The average molecular weight is 452 g/mol. The van der Waals surface area contributed by atoms with Gasteiger partial charge in [-0.1, -0.05) is 23.7 Å². The smallest absolute Gasteiger partial charge is 0.399 e. The molecule has 0 bridgehead atoms. The van der Waals surface area contributed by atoms with Crippen molar-refractivity contribution in [3.63, 3.8) is 0 Å². The number of alkyl halides is 3. The summed E-state index contributed by atoms with van der Waals surface area (Å²) in [5.74, 6) is 6.00. The number of aryl methyl sites for hydroxylation is 2. The molecule has 1 aliphatic rings. The first-order chi connectivity index (χ1) is 14.4. The molecular weight excluding hydrogens is 431 g/mol. The van der Waals surface area contributed by atoms with Crippen molar-refractivity contribution in [1.29, 1.82) is 0 Å². The van der Waals surface area contributed by atoms with Gasteiger partial charge in [-0.05, 0) is 50.1 Å². The number of carbonyl (C=O) groups excluding carboxylic acids is 1. The highest BCUT2D eigenvalue weighted by Crippen LogP contribution is 2.37. The van der Waals surface area contributed by atoms with Crippen molar-refractivity contribution in [3.05, 3.63) is 81.4 Å². The van der Waals surface area contributed by atoms with Crippen LogP contribution >= 0.6 is 11.6 Å². The maximum atomic E-state index is 13.2. The predicted molar refractivity (Wildman–Crippen MR) is 113 cm³/mol. The SMILES string of the molecule is Cc1cnc(N(N)C2=C(N)C(C)N(C(=O)c3cccc(C(F)(F)F)c3Cl)C=C2)c(C)c1. The molecule has 31 heavy (non-hydrogen) atoms. The summed E-state index contributed by atoms with van der Waals surface area (Å²) in [6.07, 6.45) is -0.0868. The summed E-state index contributed by atoms with van der Waals surface area (Å²) in [6.45, 7) is 5.40. The Labute approximate surface area is 182 Å². The van der Waals surface area contributed by atoms with E-state index in [1.165, 1.54) is 28.3 Å². The van der Waals surface area contributed by atoms with Gasteiger partial charge in [-0.3, -0.25) is 9.80 Å². The van der Waals surface area contributed by atoms with Gasteiger partial charge in [0.1, 0.15) is 5.82 Å². The van der Waals surface area contributed by atoms with E-state index in [0.717, 1.165) is 23.3 Å². The Balaban J connectivity index is 1.92. The van der Waals surface area contributed by atoms with E-state index in [9.17, 15) is 18.0 Å². The molecule has 4 N–H and O–H groups in total. The van der Waals surface area contributed by atoms with Gasteiger partial charge in [-0.15, -0.1) is 0 Å². The minimum atomic E-state index is -4.68. The lowest BCUT2D eigenvalue weighted by molar-refractivity contribution is -0.137. The Morgan fingerprint density at radius 3 is 2.58 bits per heavy atom. The Hall–Kier alpha value is -3.04. The average Bonchev–Trinajstić information content (AvgIpc) is 2.68. The number of pyridine rings is 1. The van der Waals surface area contributed by atoms with Crippen LogP contribution in [-0.4, -0.2) is 21.8 Å². The van der Waals surface area contributed by atoms with Crippen molar-refractivity contribution in [3.8, 4) is 0 Å². The first-order valence-electron chi connectivity index (χ1n) is 9.27. The van der Waals surface area contributed by atoms with Gasteiger partial charge in [0.15, 0.2) is 0 Å².